The van der Waals surface area contributed by atoms with Gasteiger partial charge in [0.05, 0.1) is 24.3 Å². The lowest BCUT2D eigenvalue weighted by atomic mass is 10.1. The van der Waals surface area contributed by atoms with E-state index in [1.54, 1.807) is 24.3 Å². The van der Waals surface area contributed by atoms with Gasteiger partial charge in [-0.25, -0.2) is 9.59 Å². The predicted octanol–water partition coefficient (Wildman–Crippen LogP) is 7.23. The van der Waals surface area contributed by atoms with E-state index in [0.717, 1.165) is 37.8 Å². The van der Waals surface area contributed by atoms with Crippen LogP contribution in [0.5, 0.6) is 23.0 Å². The number of hydrogen-bond donors (Lipinski definition) is 4. The molecule has 0 atom stereocenters. The van der Waals surface area contributed by atoms with Crippen molar-refractivity contribution >= 4 is 11.9 Å². The Morgan fingerprint density at radius 2 is 0.868 bits per heavy atom. The zero-order valence-electron chi connectivity index (χ0n) is 22.8. The van der Waals surface area contributed by atoms with E-state index in [9.17, 15) is 9.59 Å². The number of esters is 2. The van der Waals surface area contributed by atoms with Crippen molar-refractivity contribution in [1.29, 1.82) is 0 Å². The monoisotopic (exact) mass is 532 g/mol. The number of phenolic OH excluding ortho intramolecular Hbond substituents is 4. The van der Waals surface area contributed by atoms with E-state index >= 15 is 0 Å². The van der Waals surface area contributed by atoms with E-state index in [1.807, 2.05) is 0 Å². The van der Waals surface area contributed by atoms with Crippen molar-refractivity contribution in [2.24, 2.45) is 0 Å². The SMILES string of the molecule is CCCCCCCCOC(=O)c1ccccc1C(=O)OCCCCCCCC.Oc1cc(O)c(O)cc1O. The summed E-state index contributed by atoms with van der Waals surface area (Å²) in [4.78, 5) is 24.7. The molecule has 0 aliphatic rings. The van der Waals surface area contributed by atoms with Crippen molar-refractivity contribution in [3.63, 3.8) is 0 Å². The lowest BCUT2D eigenvalue weighted by Gasteiger charge is -2.10. The molecule has 0 aliphatic carbocycles. The van der Waals surface area contributed by atoms with Crippen LogP contribution >= 0.6 is 0 Å². The highest BCUT2D eigenvalue weighted by Gasteiger charge is 2.18. The van der Waals surface area contributed by atoms with Gasteiger partial charge in [-0.05, 0) is 25.0 Å². The Hall–Kier alpha value is -3.42. The van der Waals surface area contributed by atoms with Crippen molar-refractivity contribution in [2.75, 3.05) is 13.2 Å². The molecule has 212 valence electrons. The summed E-state index contributed by atoms with van der Waals surface area (Å²) in [5.41, 5.74) is 0.586. The fourth-order valence-corrected chi connectivity index (χ4v) is 3.64. The molecule has 38 heavy (non-hydrogen) atoms. The van der Waals surface area contributed by atoms with E-state index in [0.29, 0.717) is 24.3 Å². The van der Waals surface area contributed by atoms with Gasteiger partial charge in [0, 0.05) is 12.1 Å². The number of carbonyl (C=O) groups excluding carboxylic acids is 2. The molecule has 0 aliphatic heterocycles. The van der Waals surface area contributed by atoms with Crippen LogP contribution in [0.2, 0.25) is 0 Å². The standard InChI is InChI=1S/C24H38O4.C6H6O4/c1-3-5-7-9-11-15-19-27-23(25)21-17-13-14-18-22(21)24(26)28-20-16-12-10-8-6-4-2;7-3-1-4(8)6(10)2-5(3)9/h13-14,17-18H,3-12,15-16,19-20H2,1-2H3;1-2,7-10H. The maximum absolute atomic E-state index is 12.4. The minimum absolute atomic E-state index is 0.293. The normalized spacial score (nSPS) is 10.4. The minimum atomic E-state index is -0.463. The van der Waals surface area contributed by atoms with Crippen LogP contribution in [-0.2, 0) is 9.47 Å². The maximum atomic E-state index is 12.4. The van der Waals surface area contributed by atoms with Crippen LogP contribution in [-0.4, -0.2) is 45.6 Å². The van der Waals surface area contributed by atoms with E-state index in [1.165, 1.54) is 51.4 Å². The third-order valence-corrected chi connectivity index (χ3v) is 5.90. The lowest BCUT2D eigenvalue weighted by Crippen LogP contribution is -2.15. The Bertz CT molecular complexity index is 858. The summed E-state index contributed by atoms with van der Waals surface area (Å²) in [6.45, 7) is 5.17. The van der Waals surface area contributed by atoms with Crippen LogP contribution in [0.4, 0.5) is 0 Å². The topological polar surface area (TPSA) is 134 Å². The largest absolute Gasteiger partial charge is 0.504 e. The molecule has 2 rings (SSSR count). The van der Waals surface area contributed by atoms with Gasteiger partial charge in [0.1, 0.15) is 0 Å². The molecule has 0 unspecified atom stereocenters. The highest BCUT2D eigenvalue weighted by atomic mass is 16.5. The summed E-state index contributed by atoms with van der Waals surface area (Å²) >= 11 is 0. The fourth-order valence-electron chi connectivity index (χ4n) is 3.64. The average molecular weight is 533 g/mol. The van der Waals surface area contributed by atoms with E-state index < -0.39 is 34.9 Å². The van der Waals surface area contributed by atoms with Crippen LogP contribution < -0.4 is 0 Å². The third-order valence-electron chi connectivity index (χ3n) is 5.90. The quantitative estimate of drug-likeness (QED) is 0.0770. The van der Waals surface area contributed by atoms with Crippen LogP contribution in [0.1, 0.15) is 112 Å². The van der Waals surface area contributed by atoms with Crippen molar-refractivity contribution in [3.8, 4) is 23.0 Å². The second-order valence-corrected chi connectivity index (χ2v) is 9.18. The Morgan fingerprint density at radius 1 is 0.553 bits per heavy atom. The average Bonchev–Trinajstić information content (AvgIpc) is 2.91. The molecule has 0 spiro atoms. The second-order valence-electron chi connectivity index (χ2n) is 9.18. The van der Waals surface area contributed by atoms with Gasteiger partial charge in [0.15, 0.2) is 23.0 Å². The molecular formula is C30H44O8. The molecular weight excluding hydrogens is 488 g/mol. The number of hydrogen-bond acceptors (Lipinski definition) is 8. The Morgan fingerprint density at radius 3 is 1.21 bits per heavy atom. The number of ether oxygens (including phenoxy) is 2. The molecule has 4 N–H and O–H groups in total. The maximum Gasteiger partial charge on any atom is 0.339 e. The van der Waals surface area contributed by atoms with Crippen LogP contribution in [0.15, 0.2) is 36.4 Å². The first kappa shape index (κ1) is 32.6. The summed E-state index contributed by atoms with van der Waals surface area (Å²) in [5.74, 6) is -2.74. The zero-order chi connectivity index (χ0) is 28.2. The van der Waals surface area contributed by atoms with Gasteiger partial charge in [-0.3, -0.25) is 0 Å². The van der Waals surface area contributed by atoms with Crippen molar-refractivity contribution in [1.82, 2.24) is 0 Å². The van der Waals surface area contributed by atoms with Gasteiger partial charge in [0.2, 0.25) is 0 Å². The Kier molecular flexibility index (Phi) is 16.9. The number of benzene rings is 2. The molecule has 0 radical (unpaired) electrons. The molecule has 0 heterocycles. The molecule has 0 saturated heterocycles. The van der Waals surface area contributed by atoms with Crippen molar-refractivity contribution < 1.29 is 39.5 Å². The van der Waals surface area contributed by atoms with Gasteiger partial charge < -0.3 is 29.9 Å². The smallest absolute Gasteiger partial charge is 0.339 e. The molecule has 8 heteroatoms. The highest BCUT2D eigenvalue weighted by Crippen LogP contribution is 2.35. The highest BCUT2D eigenvalue weighted by molar-refractivity contribution is 6.03. The van der Waals surface area contributed by atoms with E-state index in [2.05, 4.69) is 13.8 Å². The zero-order valence-corrected chi connectivity index (χ0v) is 22.8. The van der Waals surface area contributed by atoms with Gasteiger partial charge in [-0.15, -0.1) is 0 Å². The molecule has 0 amide bonds. The summed E-state index contributed by atoms with van der Waals surface area (Å²) in [6, 6.07) is 8.45. The van der Waals surface area contributed by atoms with E-state index in [4.69, 9.17) is 29.9 Å². The molecule has 0 saturated carbocycles. The number of unbranched alkanes of at least 4 members (excludes halogenated alkanes) is 10. The third kappa shape index (κ3) is 13.2. The minimum Gasteiger partial charge on any atom is -0.504 e. The van der Waals surface area contributed by atoms with Crippen LogP contribution in [0.3, 0.4) is 0 Å². The summed E-state index contributed by atoms with van der Waals surface area (Å²) in [7, 11) is 0. The Labute approximate surface area is 226 Å². The molecule has 2 aromatic carbocycles. The van der Waals surface area contributed by atoms with Gasteiger partial charge >= 0.3 is 11.9 Å². The molecule has 0 bridgehead atoms. The van der Waals surface area contributed by atoms with E-state index in [-0.39, 0.29) is 0 Å². The van der Waals surface area contributed by atoms with Gasteiger partial charge in [-0.1, -0.05) is 90.2 Å². The number of rotatable bonds is 16. The first-order valence-electron chi connectivity index (χ1n) is 13.7. The van der Waals surface area contributed by atoms with Crippen LogP contribution in [0, 0.1) is 0 Å². The summed E-state index contributed by atoms with van der Waals surface area (Å²) in [6.07, 6.45) is 13.6. The molecule has 0 aromatic heterocycles. The fraction of sp³-hybridized carbons (Fsp3) is 0.533. The van der Waals surface area contributed by atoms with Gasteiger partial charge in [0.25, 0.3) is 0 Å². The number of phenols is 4. The predicted molar refractivity (Wildman–Crippen MR) is 147 cm³/mol. The van der Waals surface area contributed by atoms with Crippen molar-refractivity contribution in [3.05, 3.63) is 47.5 Å². The van der Waals surface area contributed by atoms with Crippen molar-refractivity contribution in [2.45, 2.75) is 90.9 Å². The molecule has 8 nitrogen and oxygen atoms in total. The molecule has 2 aromatic rings. The lowest BCUT2D eigenvalue weighted by molar-refractivity contribution is 0.0450. The summed E-state index contributed by atoms with van der Waals surface area (Å²) < 4.78 is 10.7. The first-order valence-corrected chi connectivity index (χ1v) is 13.7. The van der Waals surface area contributed by atoms with Crippen LogP contribution in [0.25, 0.3) is 0 Å². The molecule has 0 fully saturated rings. The summed E-state index contributed by atoms with van der Waals surface area (Å²) in [5, 5.41) is 34.8. The number of carbonyl (C=O) groups is 2. The Balaban J connectivity index is 0.000000600. The van der Waals surface area contributed by atoms with Gasteiger partial charge in [-0.2, -0.15) is 0 Å². The second kappa shape index (κ2) is 19.7. The number of aromatic hydroxyl groups is 4. The first-order chi connectivity index (χ1) is 18.3.